The molecule has 3 aromatic rings. The molecule has 0 radical (unpaired) electrons. The summed E-state index contributed by atoms with van der Waals surface area (Å²) >= 11 is 5.94. The van der Waals surface area contributed by atoms with Gasteiger partial charge in [-0.25, -0.2) is 4.79 Å². The van der Waals surface area contributed by atoms with Crippen LogP contribution < -0.4 is 0 Å². The van der Waals surface area contributed by atoms with Crippen molar-refractivity contribution in [3.63, 3.8) is 0 Å². The van der Waals surface area contributed by atoms with Crippen molar-refractivity contribution in [1.82, 2.24) is 9.88 Å². The largest absolute Gasteiger partial charge is 0.462 e. The van der Waals surface area contributed by atoms with Crippen LogP contribution in [-0.4, -0.2) is 34.9 Å². The van der Waals surface area contributed by atoms with Crippen molar-refractivity contribution in [3.05, 3.63) is 76.1 Å². The van der Waals surface area contributed by atoms with Crippen molar-refractivity contribution in [3.8, 4) is 0 Å². The number of benzene rings is 2. The molecule has 1 amide bonds. The molecule has 0 fully saturated rings. The SMILES string of the molecule is CCOC(=O)C1=CN(C(=O)c2ccc(Cl)cc2)CCc2c1[nH]c1c(C)cccc21. The molecule has 5 nitrogen and oxygen atoms in total. The van der Waals surface area contributed by atoms with Crippen LogP contribution in [0.3, 0.4) is 0 Å². The Morgan fingerprint density at radius 2 is 1.93 bits per heavy atom. The smallest absolute Gasteiger partial charge is 0.341 e. The van der Waals surface area contributed by atoms with Gasteiger partial charge in [-0.2, -0.15) is 0 Å². The van der Waals surface area contributed by atoms with E-state index in [-0.39, 0.29) is 12.5 Å². The fraction of sp³-hybridized carbons (Fsp3) is 0.217. The maximum Gasteiger partial charge on any atom is 0.341 e. The molecule has 0 unspecified atom stereocenters. The van der Waals surface area contributed by atoms with Gasteiger partial charge in [0.2, 0.25) is 0 Å². The molecule has 1 N–H and O–H groups in total. The maximum atomic E-state index is 13.1. The first-order chi connectivity index (χ1) is 14.0. The van der Waals surface area contributed by atoms with Crippen LogP contribution in [0.1, 0.15) is 34.1 Å². The summed E-state index contributed by atoms with van der Waals surface area (Å²) < 4.78 is 5.29. The molecule has 2 heterocycles. The highest BCUT2D eigenvalue weighted by Gasteiger charge is 2.27. The summed E-state index contributed by atoms with van der Waals surface area (Å²) in [7, 11) is 0. The third-order valence-corrected chi connectivity index (χ3v) is 5.41. The highest BCUT2D eigenvalue weighted by Crippen LogP contribution is 2.33. The molecule has 1 aromatic heterocycles. The Kier molecular flexibility index (Phi) is 5.16. The molecule has 0 aliphatic carbocycles. The Morgan fingerprint density at radius 3 is 2.66 bits per heavy atom. The maximum absolute atomic E-state index is 13.1. The van der Waals surface area contributed by atoms with Crippen LogP contribution in [0.4, 0.5) is 0 Å². The minimum Gasteiger partial charge on any atom is -0.462 e. The van der Waals surface area contributed by atoms with Gasteiger partial charge in [0.05, 0.1) is 17.9 Å². The lowest BCUT2D eigenvalue weighted by atomic mass is 10.0. The van der Waals surface area contributed by atoms with Crippen molar-refractivity contribution in [2.45, 2.75) is 20.3 Å². The van der Waals surface area contributed by atoms with E-state index in [4.69, 9.17) is 16.3 Å². The van der Waals surface area contributed by atoms with Crippen molar-refractivity contribution in [2.75, 3.05) is 13.2 Å². The van der Waals surface area contributed by atoms with E-state index in [1.807, 2.05) is 25.1 Å². The molecule has 6 heteroatoms. The first-order valence-corrected chi connectivity index (χ1v) is 9.93. The van der Waals surface area contributed by atoms with E-state index < -0.39 is 5.97 Å². The van der Waals surface area contributed by atoms with Crippen LogP contribution in [0.5, 0.6) is 0 Å². The van der Waals surface area contributed by atoms with E-state index in [9.17, 15) is 9.59 Å². The van der Waals surface area contributed by atoms with Crippen LogP contribution in [0.25, 0.3) is 16.5 Å². The monoisotopic (exact) mass is 408 g/mol. The van der Waals surface area contributed by atoms with Gasteiger partial charge >= 0.3 is 5.97 Å². The number of aromatic amines is 1. The van der Waals surface area contributed by atoms with Gasteiger partial charge in [0.25, 0.3) is 5.91 Å². The number of hydrogen-bond acceptors (Lipinski definition) is 3. The van der Waals surface area contributed by atoms with Gasteiger partial charge < -0.3 is 14.6 Å². The quantitative estimate of drug-likeness (QED) is 0.637. The van der Waals surface area contributed by atoms with Crippen molar-refractivity contribution >= 4 is 40.0 Å². The van der Waals surface area contributed by atoms with Gasteiger partial charge in [-0.3, -0.25) is 4.79 Å². The highest BCUT2D eigenvalue weighted by molar-refractivity contribution is 6.30. The first kappa shape index (κ1) is 19.3. The number of halogens is 1. The predicted molar refractivity (Wildman–Crippen MR) is 114 cm³/mol. The number of para-hydroxylation sites is 1. The lowest BCUT2D eigenvalue weighted by molar-refractivity contribution is -0.136. The van der Waals surface area contributed by atoms with Crippen molar-refractivity contribution in [1.29, 1.82) is 0 Å². The van der Waals surface area contributed by atoms with Crippen molar-refractivity contribution < 1.29 is 14.3 Å². The second-order valence-electron chi connectivity index (χ2n) is 6.99. The molecular weight excluding hydrogens is 388 g/mol. The number of fused-ring (bicyclic) bond motifs is 3. The number of H-pyrrole nitrogens is 1. The summed E-state index contributed by atoms with van der Waals surface area (Å²) in [6.07, 6.45) is 2.23. The molecule has 4 rings (SSSR count). The molecule has 0 atom stereocenters. The van der Waals surface area contributed by atoms with E-state index in [2.05, 4.69) is 4.98 Å². The zero-order valence-corrected chi connectivity index (χ0v) is 17.0. The van der Waals surface area contributed by atoms with E-state index in [0.29, 0.717) is 29.1 Å². The molecule has 0 bridgehead atoms. The number of carbonyl (C=O) groups is 2. The topological polar surface area (TPSA) is 62.4 Å². The van der Waals surface area contributed by atoms with Crippen LogP contribution in [0.2, 0.25) is 5.02 Å². The molecule has 148 valence electrons. The number of nitrogens with zero attached hydrogens (tertiary/aromatic N) is 1. The summed E-state index contributed by atoms with van der Waals surface area (Å²) in [5.74, 6) is -0.636. The molecule has 1 aliphatic rings. The Morgan fingerprint density at radius 1 is 1.17 bits per heavy atom. The van der Waals surface area contributed by atoms with Crippen LogP contribution in [0, 0.1) is 6.92 Å². The number of carbonyl (C=O) groups excluding carboxylic acids is 2. The number of amides is 1. The Balaban J connectivity index is 1.81. The van der Waals surface area contributed by atoms with E-state index >= 15 is 0 Å². The second-order valence-corrected chi connectivity index (χ2v) is 7.43. The second kappa shape index (κ2) is 7.76. The summed E-state index contributed by atoms with van der Waals surface area (Å²) in [6.45, 7) is 4.51. The van der Waals surface area contributed by atoms with Gasteiger partial charge in [0.1, 0.15) is 0 Å². The number of nitrogens with one attached hydrogen (secondary N) is 1. The number of aryl methyl sites for hydroxylation is 1. The van der Waals surface area contributed by atoms with Gasteiger partial charge in [0, 0.05) is 34.2 Å². The summed E-state index contributed by atoms with van der Waals surface area (Å²) in [6, 6.07) is 12.8. The Hall–Kier alpha value is -3.05. The number of ether oxygens (including phenoxy) is 1. The number of esters is 1. The van der Waals surface area contributed by atoms with Gasteiger partial charge in [-0.15, -0.1) is 0 Å². The molecule has 0 spiro atoms. The molecule has 0 saturated carbocycles. The standard InChI is InChI=1S/C23H21ClN2O3/c1-3-29-23(28)19-13-26(22(27)15-7-9-16(24)10-8-15)12-11-18-17-6-4-5-14(2)20(17)25-21(18)19/h4-10,13,25H,3,11-12H2,1-2H3. The molecule has 1 aliphatic heterocycles. The van der Waals surface area contributed by atoms with Crippen LogP contribution in [-0.2, 0) is 16.0 Å². The minimum absolute atomic E-state index is 0.186. The zero-order chi connectivity index (χ0) is 20.5. The number of aromatic nitrogens is 1. The average Bonchev–Trinajstić information content (AvgIpc) is 2.97. The van der Waals surface area contributed by atoms with Crippen LogP contribution >= 0.6 is 11.6 Å². The van der Waals surface area contributed by atoms with E-state index in [1.165, 1.54) is 0 Å². The van der Waals surface area contributed by atoms with Gasteiger partial charge in [-0.1, -0.05) is 29.8 Å². The lowest BCUT2D eigenvalue weighted by Crippen LogP contribution is -2.28. The summed E-state index contributed by atoms with van der Waals surface area (Å²) in [4.78, 5) is 30.8. The molecule has 0 saturated heterocycles. The average molecular weight is 409 g/mol. The summed E-state index contributed by atoms with van der Waals surface area (Å²) in [5.41, 5.74) is 4.73. The fourth-order valence-corrected chi connectivity index (χ4v) is 3.84. The fourth-order valence-electron chi connectivity index (χ4n) is 3.71. The first-order valence-electron chi connectivity index (χ1n) is 9.55. The zero-order valence-electron chi connectivity index (χ0n) is 16.3. The minimum atomic E-state index is -0.450. The number of rotatable bonds is 3. The lowest BCUT2D eigenvalue weighted by Gasteiger charge is -2.18. The Labute approximate surface area is 173 Å². The van der Waals surface area contributed by atoms with E-state index in [0.717, 1.165) is 27.7 Å². The third kappa shape index (κ3) is 3.54. The predicted octanol–water partition coefficient (Wildman–Crippen LogP) is 4.73. The van der Waals surface area contributed by atoms with Crippen molar-refractivity contribution in [2.24, 2.45) is 0 Å². The van der Waals surface area contributed by atoms with Crippen LogP contribution in [0.15, 0.2) is 48.7 Å². The molecule has 2 aromatic carbocycles. The number of hydrogen-bond donors (Lipinski definition) is 1. The van der Waals surface area contributed by atoms with E-state index in [1.54, 1.807) is 42.3 Å². The van der Waals surface area contributed by atoms with Gasteiger partial charge in [-0.05, 0) is 55.7 Å². The molecule has 29 heavy (non-hydrogen) atoms. The summed E-state index contributed by atoms with van der Waals surface area (Å²) in [5, 5.41) is 1.63. The third-order valence-electron chi connectivity index (χ3n) is 5.15. The van der Waals surface area contributed by atoms with Gasteiger partial charge in [0.15, 0.2) is 0 Å². The highest BCUT2D eigenvalue weighted by atomic mass is 35.5. The normalized spacial score (nSPS) is 13.6. The Bertz CT molecular complexity index is 1130. The molecular formula is C23H21ClN2O3.